The number of hydrogen-bond acceptors (Lipinski definition) is 8. The highest BCUT2D eigenvalue weighted by molar-refractivity contribution is 7.83. The molecule has 1 aromatic heterocycles. The maximum Gasteiger partial charge on any atom is 0.471 e. The van der Waals surface area contributed by atoms with E-state index < -0.39 is 79.9 Å². The lowest BCUT2D eigenvalue weighted by molar-refractivity contribution is -0.173. The van der Waals surface area contributed by atoms with Crippen molar-refractivity contribution in [2.24, 2.45) is 0 Å². The SMILES string of the molecule is Cc1c[nH]c(=O)n(C2CN(C(c3ccccc3)(c3ccccc3)c3ccccc3)CC(COP(=O)(Cl)N(CCCNC(=O)C(F)(F)F)CCCNC(=O)C(F)(F)F)O2)c1=O. The van der Waals surface area contributed by atoms with Crippen molar-refractivity contribution < 1.29 is 49.8 Å². The van der Waals surface area contributed by atoms with E-state index in [1.54, 1.807) is 10.6 Å². The Morgan fingerprint density at radius 1 is 0.817 bits per heavy atom. The number of ether oxygens (including phenoxy) is 1. The lowest BCUT2D eigenvalue weighted by Crippen LogP contribution is -2.59. The molecule has 60 heavy (non-hydrogen) atoms. The van der Waals surface area contributed by atoms with Gasteiger partial charge in [-0.15, -0.1) is 0 Å². The van der Waals surface area contributed by atoms with Gasteiger partial charge in [0.05, 0.1) is 18.2 Å². The Balaban J connectivity index is 1.50. The van der Waals surface area contributed by atoms with Crippen LogP contribution in [0.15, 0.2) is 107 Å². The highest BCUT2D eigenvalue weighted by Gasteiger charge is 2.47. The third-order valence-electron chi connectivity index (χ3n) is 9.70. The van der Waals surface area contributed by atoms with Crippen LogP contribution in [0.3, 0.4) is 0 Å². The van der Waals surface area contributed by atoms with Gasteiger partial charge in [-0.25, -0.2) is 14.0 Å². The molecule has 2 heterocycles. The molecule has 3 atom stereocenters. The molecule has 324 valence electrons. The summed E-state index contributed by atoms with van der Waals surface area (Å²) in [6, 6.07) is 28.4. The van der Waals surface area contributed by atoms with Crippen LogP contribution in [0.1, 0.15) is 41.3 Å². The molecule has 1 aliphatic heterocycles. The van der Waals surface area contributed by atoms with Crippen molar-refractivity contribution in [2.75, 3.05) is 45.9 Å². The van der Waals surface area contributed by atoms with Crippen LogP contribution < -0.4 is 21.9 Å². The zero-order valence-corrected chi connectivity index (χ0v) is 33.7. The maximum atomic E-state index is 14.1. The normalized spacial score (nSPS) is 17.6. The zero-order valence-electron chi connectivity index (χ0n) is 32.0. The van der Waals surface area contributed by atoms with Gasteiger partial charge >= 0.3 is 36.7 Å². The van der Waals surface area contributed by atoms with Gasteiger partial charge in [0.15, 0.2) is 6.23 Å². The summed E-state index contributed by atoms with van der Waals surface area (Å²) in [5, 5.41) is 3.35. The van der Waals surface area contributed by atoms with Crippen LogP contribution in [0.5, 0.6) is 0 Å². The standard InChI is InChI=1S/C39H42ClF6N6O7P/c1-27-23-49-36(56)52(33(27)53)32-25-50(37(28-13-5-2-6-14-28,29-15-7-3-8-16-29)30-17-9-4-10-18-30)24-31(59-32)26-58-60(40,57)51(21-11-19-47-34(54)38(41,42)43)22-12-20-48-35(55)39(44,45)46/h2-10,13-18,23,31-32H,11-12,19-22,24-26H2,1H3,(H,47,54)(H,48,55)(H,49,56). The van der Waals surface area contributed by atoms with E-state index in [-0.39, 0.29) is 44.6 Å². The van der Waals surface area contributed by atoms with E-state index in [1.165, 1.54) is 13.1 Å². The lowest BCUT2D eigenvalue weighted by Gasteiger charge is -2.50. The first-order valence-corrected chi connectivity index (χ1v) is 21.1. The van der Waals surface area contributed by atoms with E-state index >= 15 is 0 Å². The molecule has 1 fully saturated rings. The van der Waals surface area contributed by atoms with Crippen LogP contribution in [-0.2, 0) is 29.0 Å². The topological polar surface area (TPSA) is 155 Å². The zero-order chi connectivity index (χ0) is 43.7. The van der Waals surface area contributed by atoms with Gasteiger partial charge in [0, 0.05) is 51.0 Å². The number of aryl methyl sites for hydroxylation is 1. The van der Waals surface area contributed by atoms with E-state index in [9.17, 15) is 50.1 Å². The third kappa shape index (κ3) is 11.1. The molecular formula is C39H42ClF6N6O7P. The summed E-state index contributed by atoms with van der Waals surface area (Å²) in [5.41, 5.74) is 0.101. The molecule has 0 bridgehead atoms. The number of morpholine rings is 1. The second-order valence-electron chi connectivity index (χ2n) is 13.8. The smallest absolute Gasteiger partial charge is 0.349 e. The van der Waals surface area contributed by atoms with Gasteiger partial charge in [-0.1, -0.05) is 91.0 Å². The number of hydrogen-bond donors (Lipinski definition) is 3. The monoisotopic (exact) mass is 886 g/mol. The number of carbonyl (C=O) groups excluding carboxylic acids is 2. The van der Waals surface area contributed by atoms with Gasteiger partial charge in [-0.2, -0.15) is 26.3 Å². The molecule has 1 saturated heterocycles. The van der Waals surface area contributed by atoms with E-state index in [4.69, 9.17) is 20.5 Å². The fraction of sp³-hybridized carbons (Fsp3) is 0.385. The highest BCUT2D eigenvalue weighted by Crippen LogP contribution is 2.56. The predicted octanol–water partition coefficient (Wildman–Crippen LogP) is 5.84. The number of aromatic amines is 1. The minimum Gasteiger partial charge on any atom is -0.349 e. The first-order valence-electron chi connectivity index (χ1n) is 18.6. The Labute approximate surface area is 344 Å². The Morgan fingerprint density at radius 3 is 1.70 bits per heavy atom. The predicted molar refractivity (Wildman–Crippen MR) is 209 cm³/mol. The Hall–Kier alpha value is -4.78. The van der Waals surface area contributed by atoms with E-state index in [2.05, 4.69) is 4.98 Å². The second-order valence-corrected chi connectivity index (χ2v) is 16.8. The summed E-state index contributed by atoms with van der Waals surface area (Å²) in [7, 11) is 0. The Morgan fingerprint density at radius 2 is 1.27 bits per heavy atom. The molecule has 1 aliphatic rings. The molecule has 3 N–H and O–H groups in total. The van der Waals surface area contributed by atoms with E-state index in [0.717, 1.165) is 25.9 Å². The van der Waals surface area contributed by atoms with Crippen molar-refractivity contribution >= 4 is 29.9 Å². The van der Waals surface area contributed by atoms with Crippen LogP contribution in [-0.4, -0.2) is 95.3 Å². The Kier molecular flexibility index (Phi) is 15.2. The molecular weight excluding hydrogens is 845 g/mol. The molecule has 5 rings (SSSR count). The number of alkyl halides is 6. The molecule has 4 aromatic rings. The molecule has 13 nitrogen and oxygen atoms in total. The number of nitrogens with one attached hydrogen (secondary N) is 3. The maximum absolute atomic E-state index is 14.1. The van der Waals surface area contributed by atoms with Crippen molar-refractivity contribution in [3.63, 3.8) is 0 Å². The summed E-state index contributed by atoms with van der Waals surface area (Å²) in [6.07, 6.45) is -11.9. The molecule has 0 aliphatic carbocycles. The van der Waals surface area contributed by atoms with Gasteiger partial charge in [0.2, 0.25) is 0 Å². The van der Waals surface area contributed by atoms with Crippen LogP contribution >= 0.6 is 18.1 Å². The number of benzene rings is 3. The molecule has 2 amide bonds. The highest BCUT2D eigenvalue weighted by atomic mass is 35.7. The number of nitrogens with zero attached hydrogens (tertiary/aromatic N) is 3. The third-order valence-corrected chi connectivity index (χ3v) is 12.2. The fourth-order valence-electron chi connectivity index (χ4n) is 6.99. The largest absolute Gasteiger partial charge is 0.471 e. The summed E-state index contributed by atoms with van der Waals surface area (Å²) >= 11 is 6.53. The van der Waals surface area contributed by atoms with Crippen LogP contribution in [0.25, 0.3) is 0 Å². The average molecular weight is 887 g/mol. The van der Waals surface area contributed by atoms with Gasteiger partial charge in [-0.3, -0.25) is 23.8 Å². The van der Waals surface area contributed by atoms with Gasteiger partial charge in [0.25, 0.3) is 5.56 Å². The number of rotatable bonds is 17. The van der Waals surface area contributed by atoms with Crippen LogP contribution in [0, 0.1) is 6.92 Å². The van der Waals surface area contributed by atoms with Crippen LogP contribution in [0.4, 0.5) is 26.3 Å². The average Bonchev–Trinajstić information content (AvgIpc) is 3.21. The van der Waals surface area contributed by atoms with Crippen molar-refractivity contribution in [2.45, 2.75) is 50.0 Å². The van der Waals surface area contributed by atoms with Crippen molar-refractivity contribution in [1.82, 2.24) is 29.8 Å². The van der Waals surface area contributed by atoms with Gasteiger partial charge in [0.1, 0.15) is 0 Å². The summed E-state index contributed by atoms with van der Waals surface area (Å²) in [5.74, 6) is -4.43. The molecule has 0 radical (unpaired) electrons. The minimum absolute atomic E-state index is 0.0114. The number of halogens is 7. The quantitative estimate of drug-likeness (QED) is 0.0514. The Bertz CT molecular complexity index is 2100. The fourth-order valence-corrected chi connectivity index (χ4v) is 8.89. The summed E-state index contributed by atoms with van der Waals surface area (Å²) < 4.78 is 105. The second kappa shape index (κ2) is 19.7. The number of H-pyrrole nitrogens is 1. The van der Waals surface area contributed by atoms with Crippen LogP contribution in [0.2, 0.25) is 0 Å². The van der Waals surface area contributed by atoms with Crippen molar-refractivity contribution in [3.05, 3.63) is 140 Å². The first kappa shape index (κ1) is 46.3. The van der Waals surface area contributed by atoms with Crippen molar-refractivity contribution in [3.8, 4) is 0 Å². The van der Waals surface area contributed by atoms with Gasteiger partial charge in [-0.05, 0) is 47.7 Å². The van der Waals surface area contributed by atoms with Crippen molar-refractivity contribution in [1.29, 1.82) is 0 Å². The lowest BCUT2D eigenvalue weighted by atomic mass is 9.75. The minimum atomic E-state index is -5.17. The summed E-state index contributed by atoms with van der Waals surface area (Å²) in [4.78, 5) is 54.2. The first-order chi connectivity index (χ1) is 28.4. The molecule has 3 unspecified atom stereocenters. The molecule has 0 saturated carbocycles. The number of carbonyl (C=O) groups is 2. The molecule has 21 heteroatoms. The van der Waals surface area contributed by atoms with E-state index in [0.29, 0.717) is 0 Å². The summed E-state index contributed by atoms with van der Waals surface area (Å²) in [6.45, 7) is -5.39. The van der Waals surface area contributed by atoms with E-state index in [1.807, 2.05) is 95.9 Å². The number of amides is 2. The van der Waals surface area contributed by atoms with Gasteiger partial charge < -0.3 is 24.9 Å². The molecule has 0 spiro atoms. The number of aromatic nitrogens is 2. The molecule has 3 aromatic carbocycles.